The quantitative estimate of drug-likeness (QED) is 0.731. The number of nitrogens with zero attached hydrogens (tertiary/aromatic N) is 1. The monoisotopic (exact) mass is 358 g/mol. The zero-order valence-corrected chi connectivity index (χ0v) is 14.3. The van der Waals surface area contributed by atoms with E-state index in [-0.39, 0.29) is 36.5 Å². The fourth-order valence-corrected chi connectivity index (χ4v) is 2.70. The highest BCUT2D eigenvalue weighted by atomic mass is 16.5. The molecule has 3 N–H and O–H groups in total. The number of ether oxygens (including phenoxy) is 2. The van der Waals surface area contributed by atoms with Crippen molar-refractivity contribution in [1.82, 2.24) is 9.97 Å². The topological polar surface area (TPSA) is 122 Å². The minimum absolute atomic E-state index is 0.0183. The maximum atomic E-state index is 12.2. The Kier molecular flexibility index (Phi) is 4.87. The van der Waals surface area contributed by atoms with E-state index in [2.05, 4.69) is 20.6 Å². The summed E-state index contributed by atoms with van der Waals surface area (Å²) in [5.41, 5.74) is 0.525. The smallest absolute Gasteiger partial charge is 0.298 e. The van der Waals surface area contributed by atoms with E-state index < -0.39 is 11.5 Å². The number of carbonyl (C=O) groups excluding carboxylic acids is 2. The van der Waals surface area contributed by atoms with Gasteiger partial charge in [-0.05, 0) is 30.7 Å². The highest BCUT2D eigenvalue weighted by Crippen LogP contribution is 2.24. The second-order valence-electron chi connectivity index (χ2n) is 5.77. The lowest BCUT2D eigenvalue weighted by Gasteiger charge is -2.22. The van der Waals surface area contributed by atoms with Gasteiger partial charge in [0.25, 0.3) is 11.6 Å². The molecule has 26 heavy (non-hydrogen) atoms. The number of fused-ring (bicyclic) bond motifs is 1. The fourth-order valence-electron chi connectivity index (χ4n) is 2.70. The van der Waals surface area contributed by atoms with Gasteiger partial charge in [-0.1, -0.05) is 0 Å². The van der Waals surface area contributed by atoms with Crippen molar-refractivity contribution in [3.05, 3.63) is 40.2 Å². The van der Waals surface area contributed by atoms with Crippen LogP contribution in [0.15, 0.2) is 29.1 Å². The second-order valence-corrected chi connectivity index (χ2v) is 5.77. The van der Waals surface area contributed by atoms with E-state index in [1.807, 2.05) is 0 Å². The molecule has 0 saturated carbocycles. The van der Waals surface area contributed by atoms with Gasteiger partial charge in [0.1, 0.15) is 11.6 Å². The number of H-pyrrole nitrogens is 1. The van der Waals surface area contributed by atoms with E-state index in [1.165, 1.54) is 7.11 Å². The summed E-state index contributed by atoms with van der Waals surface area (Å²) in [6.07, 6.45) is 0.0757. The van der Waals surface area contributed by atoms with Crippen LogP contribution in [-0.2, 0) is 16.0 Å². The molecule has 2 heterocycles. The van der Waals surface area contributed by atoms with Crippen LogP contribution >= 0.6 is 0 Å². The molecule has 1 aliphatic heterocycles. The molecule has 136 valence electrons. The summed E-state index contributed by atoms with van der Waals surface area (Å²) in [5.74, 6) is -0.493. The van der Waals surface area contributed by atoms with Gasteiger partial charge in [-0.15, -0.1) is 0 Å². The Morgan fingerprint density at radius 1 is 1.23 bits per heavy atom. The number of aromatic nitrogens is 2. The van der Waals surface area contributed by atoms with Crippen LogP contribution in [0.1, 0.15) is 12.0 Å². The molecule has 9 nitrogen and oxygen atoms in total. The predicted molar refractivity (Wildman–Crippen MR) is 93.5 cm³/mol. The van der Waals surface area contributed by atoms with Crippen LogP contribution in [0.4, 0.5) is 11.5 Å². The highest BCUT2D eigenvalue weighted by molar-refractivity contribution is 5.99. The van der Waals surface area contributed by atoms with Gasteiger partial charge in [0, 0.05) is 12.1 Å². The van der Waals surface area contributed by atoms with Crippen LogP contribution in [0.3, 0.4) is 0 Å². The van der Waals surface area contributed by atoms with Crippen LogP contribution < -0.4 is 25.7 Å². The Hall–Kier alpha value is -3.36. The van der Waals surface area contributed by atoms with E-state index in [0.717, 1.165) is 0 Å². The fraction of sp³-hybridized carbons (Fsp3) is 0.294. The molecular formula is C17H18N4O5. The lowest BCUT2D eigenvalue weighted by atomic mass is 9.92. The number of aromatic amines is 1. The predicted octanol–water partition coefficient (Wildman–Crippen LogP) is 0.927. The molecule has 0 spiro atoms. The molecule has 1 atom stereocenters. The van der Waals surface area contributed by atoms with Crippen molar-refractivity contribution in [2.75, 3.05) is 24.9 Å². The van der Waals surface area contributed by atoms with E-state index >= 15 is 0 Å². The van der Waals surface area contributed by atoms with Crippen molar-refractivity contribution in [3.63, 3.8) is 0 Å². The van der Waals surface area contributed by atoms with Crippen LogP contribution in [0.2, 0.25) is 0 Å². The maximum absolute atomic E-state index is 12.2. The summed E-state index contributed by atoms with van der Waals surface area (Å²) in [5, 5.41) is 5.29. The van der Waals surface area contributed by atoms with E-state index in [0.29, 0.717) is 17.0 Å². The number of hydrogen-bond acceptors (Lipinski definition) is 6. The van der Waals surface area contributed by atoms with Gasteiger partial charge in [-0.2, -0.15) is 4.98 Å². The molecule has 0 bridgehead atoms. The lowest BCUT2D eigenvalue weighted by Crippen LogP contribution is -2.36. The number of amides is 2. The third-order valence-electron chi connectivity index (χ3n) is 4.06. The molecule has 1 unspecified atom stereocenters. The lowest BCUT2D eigenvalue weighted by molar-refractivity contribution is -0.125. The van der Waals surface area contributed by atoms with Gasteiger partial charge in [-0.25, -0.2) is 0 Å². The van der Waals surface area contributed by atoms with Crippen molar-refractivity contribution in [3.8, 4) is 11.8 Å². The summed E-state index contributed by atoms with van der Waals surface area (Å²) in [7, 11) is 2.92. The van der Waals surface area contributed by atoms with Gasteiger partial charge < -0.3 is 20.1 Å². The van der Waals surface area contributed by atoms with Gasteiger partial charge in [0.2, 0.25) is 11.8 Å². The van der Waals surface area contributed by atoms with Gasteiger partial charge in [-0.3, -0.25) is 19.4 Å². The molecule has 0 saturated heterocycles. The molecule has 0 radical (unpaired) electrons. The third-order valence-corrected chi connectivity index (χ3v) is 4.06. The summed E-state index contributed by atoms with van der Waals surface area (Å²) >= 11 is 0. The number of carbonyl (C=O) groups is 2. The average Bonchev–Trinajstić information content (AvgIpc) is 2.63. The number of rotatable bonds is 5. The van der Waals surface area contributed by atoms with Crippen LogP contribution in [0.25, 0.3) is 0 Å². The summed E-state index contributed by atoms with van der Waals surface area (Å²) in [4.78, 5) is 43.1. The summed E-state index contributed by atoms with van der Waals surface area (Å²) in [6.45, 7) is 0. The Morgan fingerprint density at radius 3 is 2.62 bits per heavy atom. The van der Waals surface area contributed by atoms with Crippen LogP contribution in [-0.4, -0.2) is 36.0 Å². The van der Waals surface area contributed by atoms with Crippen molar-refractivity contribution < 1.29 is 19.1 Å². The van der Waals surface area contributed by atoms with Crippen molar-refractivity contribution in [2.24, 2.45) is 5.92 Å². The largest absolute Gasteiger partial charge is 0.497 e. The van der Waals surface area contributed by atoms with Crippen molar-refractivity contribution in [2.45, 2.75) is 12.8 Å². The van der Waals surface area contributed by atoms with E-state index in [4.69, 9.17) is 9.47 Å². The Bertz CT molecular complexity index is 891. The number of anilines is 2. The molecule has 1 aromatic heterocycles. The number of hydrogen-bond donors (Lipinski definition) is 3. The maximum Gasteiger partial charge on any atom is 0.298 e. The first kappa shape index (κ1) is 17.5. The van der Waals surface area contributed by atoms with Crippen molar-refractivity contribution >= 4 is 23.3 Å². The summed E-state index contributed by atoms with van der Waals surface area (Å²) < 4.78 is 9.94. The van der Waals surface area contributed by atoms with E-state index in [9.17, 15) is 14.4 Å². The van der Waals surface area contributed by atoms with Gasteiger partial charge in [0.05, 0.1) is 25.7 Å². The molecule has 0 aliphatic carbocycles. The Labute approximate surface area is 148 Å². The number of benzene rings is 1. The second kappa shape index (κ2) is 7.26. The molecular weight excluding hydrogens is 340 g/mol. The minimum Gasteiger partial charge on any atom is -0.497 e. The Morgan fingerprint density at radius 2 is 1.96 bits per heavy atom. The average molecular weight is 358 g/mol. The zero-order chi connectivity index (χ0) is 18.7. The molecule has 0 fully saturated rings. The SMILES string of the molecule is COc1ccc(NC(=O)CC2Cc3c(nc(OC)[nH]c3=O)NC2=O)cc1. The van der Waals surface area contributed by atoms with Crippen molar-refractivity contribution in [1.29, 1.82) is 0 Å². The van der Waals surface area contributed by atoms with Crippen LogP contribution in [0, 0.1) is 5.92 Å². The first-order valence-electron chi connectivity index (χ1n) is 7.92. The molecule has 2 aromatic rings. The standard InChI is InChI=1S/C17H18N4O5/c1-25-11-5-3-10(4-6-11)18-13(22)8-9-7-12-14(19-15(9)23)20-17(26-2)21-16(12)24/h3-6,9H,7-8H2,1-2H3,(H,18,22)(H2,19,20,21,23,24). The normalized spacial score (nSPS) is 15.6. The Balaban J connectivity index is 1.69. The molecule has 1 aliphatic rings. The van der Waals surface area contributed by atoms with E-state index in [1.54, 1.807) is 31.4 Å². The first-order valence-corrected chi connectivity index (χ1v) is 7.92. The number of nitrogens with one attached hydrogen (secondary N) is 3. The molecule has 3 rings (SSSR count). The van der Waals surface area contributed by atoms with Gasteiger partial charge in [0.15, 0.2) is 0 Å². The molecule has 9 heteroatoms. The summed E-state index contributed by atoms with van der Waals surface area (Å²) in [6, 6.07) is 6.86. The third kappa shape index (κ3) is 3.66. The zero-order valence-electron chi connectivity index (χ0n) is 14.3. The highest BCUT2D eigenvalue weighted by Gasteiger charge is 2.31. The molecule has 1 aromatic carbocycles. The minimum atomic E-state index is -0.656. The first-order chi connectivity index (χ1) is 12.5. The molecule has 2 amide bonds. The number of methoxy groups -OCH3 is 2. The van der Waals surface area contributed by atoms with Crippen LogP contribution in [0.5, 0.6) is 11.8 Å². The van der Waals surface area contributed by atoms with Gasteiger partial charge >= 0.3 is 0 Å².